The lowest BCUT2D eigenvalue weighted by molar-refractivity contribution is 0.00943. The van der Waals surface area contributed by atoms with Crippen LogP contribution in [0, 0.1) is 5.41 Å². The Kier molecular flexibility index (Phi) is 3.55. The fourth-order valence-corrected chi connectivity index (χ4v) is 1.95. The number of amidine groups is 1. The molecule has 0 amide bonds. The summed E-state index contributed by atoms with van der Waals surface area (Å²) < 4.78 is 5.63. The van der Waals surface area contributed by atoms with Gasteiger partial charge in [0.15, 0.2) is 5.84 Å². The summed E-state index contributed by atoms with van der Waals surface area (Å²) in [4.78, 5) is 6.77. The number of nitrogens with zero attached hydrogens (tertiary/aromatic N) is 1. The van der Waals surface area contributed by atoms with E-state index in [1.54, 1.807) is 6.07 Å². The molecule has 2 heterocycles. The van der Waals surface area contributed by atoms with Crippen LogP contribution in [0.15, 0.2) is 17.1 Å². The van der Waals surface area contributed by atoms with Gasteiger partial charge < -0.3 is 20.6 Å². The van der Waals surface area contributed by atoms with Crippen LogP contribution in [0.3, 0.4) is 0 Å². The lowest BCUT2D eigenvalue weighted by Crippen LogP contribution is -2.11. The number of nitrogens with one attached hydrogen (secondary N) is 2. The van der Waals surface area contributed by atoms with Crippen LogP contribution in [-0.4, -0.2) is 35.0 Å². The second-order valence-corrected chi connectivity index (χ2v) is 3.96. The highest BCUT2D eigenvalue weighted by Crippen LogP contribution is 2.31. The first-order valence-corrected chi connectivity index (χ1v) is 5.53. The lowest BCUT2D eigenvalue weighted by atomic mass is 10.1. The summed E-state index contributed by atoms with van der Waals surface area (Å²) in [5.41, 5.74) is 6.65. The first-order chi connectivity index (χ1) is 8.24. The molecular formula is C11H16N4O2. The Hall–Kier alpha value is -1.66. The van der Waals surface area contributed by atoms with Crippen LogP contribution in [0.5, 0.6) is 0 Å². The third-order valence-electron chi connectivity index (χ3n) is 2.83. The number of aliphatic hydroxyl groups excluding tert-OH is 1. The molecule has 92 valence electrons. The minimum Gasteiger partial charge on any atom is -0.394 e. The molecule has 1 saturated heterocycles. The maximum absolute atomic E-state index is 8.99. The second-order valence-electron chi connectivity index (χ2n) is 3.96. The number of hydrogen-bond donors (Lipinski definition) is 4. The molecule has 1 fully saturated rings. The summed E-state index contributed by atoms with van der Waals surface area (Å²) in [6, 6.07) is 3.65. The molecule has 1 aliphatic rings. The minimum atomic E-state index is -0.0757. The molecule has 0 aromatic carbocycles. The third kappa shape index (κ3) is 2.54. The molecule has 0 radical (unpaired) electrons. The van der Waals surface area contributed by atoms with Gasteiger partial charge in [0.2, 0.25) is 0 Å². The van der Waals surface area contributed by atoms with E-state index in [2.05, 4.69) is 9.98 Å². The van der Waals surface area contributed by atoms with Gasteiger partial charge >= 0.3 is 0 Å². The van der Waals surface area contributed by atoms with E-state index in [-0.39, 0.29) is 24.7 Å². The quantitative estimate of drug-likeness (QED) is 0.454. The van der Waals surface area contributed by atoms with Crippen molar-refractivity contribution in [1.29, 1.82) is 5.41 Å². The van der Waals surface area contributed by atoms with Crippen LogP contribution in [0.1, 0.15) is 30.3 Å². The molecule has 0 bridgehead atoms. The molecular weight excluding hydrogens is 220 g/mol. The van der Waals surface area contributed by atoms with E-state index < -0.39 is 0 Å². The number of hydrogen-bond acceptors (Lipinski definition) is 3. The monoisotopic (exact) mass is 236 g/mol. The lowest BCUT2D eigenvalue weighted by Gasteiger charge is -2.10. The molecule has 2 unspecified atom stereocenters. The fraction of sp³-hybridized carbons (Fsp3) is 0.455. The van der Waals surface area contributed by atoms with Crippen LogP contribution >= 0.6 is 0 Å². The number of nitrogens with two attached hydrogens (primary N) is 1. The Morgan fingerprint density at radius 2 is 2.47 bits per heavy atom. The van der Waals surface area contributed by atoms with Crippen molar-refractivity contribution in [2.75, 3.05) is 6.61 Å². The number of aliphatic imine (C=N–C) groups is 1. The smallest absolute Gasteiger partial charge is 0.169 e. The van der Waals surface area contributed by atoms with Crippen LogP contribution in [0.2, 0.25) is 0 Å². The van der Waals surface area contributed by atoms with Crippen molar-refractivity contribution < 1.29 is 9.84 Å². The first kappa shape index (κ1) is 11.8. The van der Waals surface area contributed by atoms with Crippen molar-refractivity contribution in [3.8, 4) is 0 Å². The summed E-state index contributed by atoms with van der Waals surface area (Å²) in [5, 5.41) is 16.6. The number of ether oxygens (including phenoxy) is 1. The van der Waals surface area contributed by atoms with Gasteiger partial charge in [0.25, 0.3) is 0 Å². The van der Waals surface area contributed by atoms with E-state index in [4.69, 9.17) is 21.0 Å². The van der Waals surface area contributed by atoms with Gasteiger partial charge in [-0.25, -0.2) is 4.99 Å². The summed E-state index contributed by atoms with van der Waals surface area (Å²) >= 11 is 0. The van der Waals surface area contributed by atoms with Gasteiger partial charge in [0.1, 0.15) is 0 Å². The summed E-state index contributed by atoms with van der Waals surface area (Å²) in [6.07, 6.45) is 2.72. The molecule has 2 atom stereocenters. The van der Waals surface area contributed by atoms with E-state index in [1.165, 1.54) is 0 Å². The number of aromatic amines is 1. The minimum absolute atomic E-state index is 0.0319. The predicted octanol–water partition coefficient (Wildman–Crippen LogP) is 0.539. The Balaban J connectivity index is 2.06. The highest BCUT2D eigenvalue weighted by Gasteiger charge is 2.26. The predicted molar refractivity (Wildman–Crippen MR) is 64.2 cm³/mol. The van der Waals surface area contributed by atoms with Crippen molar-refractivity contribution in [3.05, 3.63) is 23.5 Å². The van der Waals surface area contributed by atoms with Crippen molar-refractivity contribution >= 4 is 12.2 Å². The Labute approximate surface area is 99.0 Å². The van der Waals surface area contributed by atoms with Gasteiger partial charge in [-0.1, -0.05) is 0 Å². The zero-order valence-corrected chi connectivity index (χ0v) is 9.39. The van der Waals surface area contributed by atoms with E-state index in [0.717, 1.165) is 24.9 Å². The molecule has 6 heteroatoms. The number of H-pyrrole nitrogens is 1. The van der Waals surface area contributed by atoms with Crippen molar-refractivity contribution in [2.24, 2.45) is 10.7 Å². The average Bonchev–Trinajstić information content (AvgIpc) is 2.98. The molecule has 0 aliphatic carbocycles. The molecule has 2 rings (SSSR count). The van der Waals surface area contributed by atoms with E-state index in [0.29, 0.717) is 5.69 Å². The topological polar surface area (TPSA) is 107 Å². The maximum Gasteiger partial charge on any atom is 0.169 e. The van der Waals surface area contributed by atoms with Gasteiger partial charge in [0.05, 0.1) is 30.8 Å². The van der Waals surface area contributed by atoms with E-state index in [1.807, 2.05) is 6.07 Å². The Morgan fingerprint density at radius 1 is 1.65 bits per heavy atom. The van der Waals surface area contributed by atoms with E-state index in [9.17, 15) is 0 Å². The van der Waals surface area contributed by atoms with Gasteiger partial charge in [-0.15, -0.1) is 0 Å². The zero-order chi connectivity index (χ0) is 12.3. The standard InChI is InChI=1S/C11H16N4O2/c12-6-14-11(13)9-3-2-8(15-9)10-4-1-7(5-16)17-10/h2-3,6-7,10,15-16H,1,4-5H2,(H3,12,13,14). The van der Waals surface area contributed by atoms with Crippen molar-refractivity contribution in [2.45, 2.75) is 25.0 Å². The maximum atomic E-state index is 8.99. The Morgan fingerprint density at radius 3 is 3.12 bits per heavy atom. The summed E-state index contributed by atoms with van der Waals surface area (Å²) in [7, 11) is 0. The van der Waals surface area contributed by atoms with Gasteiger partial charge in [-0.05, 0) is 25.0 Å². The molecule has 1 aromatic rings. The highest BCUT2D eigenvalue weighted by atomic mass is 16.5. The van der Waals surface area contributed by atoms with Crippen LogP contribution < -0.4 is 5.73 Å². The van der Waals surface area contributed by atoms with Crippen molar-refractivity contribution in [1.82, 2.24) is 4.98 Å². The molecule has 5 N–H and O–H groups in total. The van der Waals surface area contributed by atoms with Crippen LogP contribution in [0.25, 0.3) is 0 Å². The average molecular weight is 236 g/mol. The third-order valence-corrected chi connectivity index (χ3v) is 2.83. The molecule has 1 aromatic heterocycles. The molecule has 0 saturated carbocycles. The van der Waals surface area contributed by atoms with E-state index >= 15 is 0 Å². The highest BCUT2D eigenvalue weighted by molar-refractivity contribution is 5.99. The zero-order valence-electron chi connectivity index (χ0n) is 9.39. The largest absolute Gasteiger partial charge is 0.394 e. The van der Waals surface area contributed by atoms with Gasteiger partial charge in [-0.3, -0.25) is 5.41 Å². The second kappa shape index (κ2) is 5.11. The summed E-state index contributed by atoms with van der Waals surface area (Å²) in [5.74, 6) is 0.0930. The van der Waals surface area contributed by atoms with Gasteiger partial charge in [0, 0.05) is 5.69 Å². The number of rotatable bonds is 3. The fourth-order valence-electron chi connectivity index (χ4n) is 1.95. The number of aromatic nitrogens is 1. The first-order valence-electron chi connectivity index (χ1n) is 5.53. The van der Waals surface area contributed by atoms with Crippen molar-refractivity contribution in [3.63, 3.8) is 0 Å². The molecule has 17 heavy (non-hydrogen) atoms. The van der Waals surface area contributed by atoms with Gasteiger partial charge in [-0.2, -0.15) is 0 Å². The Bertz CT molecular complexity index is 427. The van der Waals surface area contributed by atoms with Crippen LogP contribution in [-0.2, 0) is 4.74 Å². The number of aliphatic hydroxyl groups is 1. The molecule has 0 spiro atoms. The SMILES string of the molecule is N=C(N=CN)c1ccc(C2CCC(CO)O2)[nH]1. The summed E-state index contributed by atoms with van der Waals surface area (Å²) in [6.45, 7) is 0.0529. The normalized spacial score (nSPS) is 24.5. The molecule has 6 nitrogen and oxygen atoms in total. The molecule has 1 aliphatic heterocycles. The van der Waals surface area contributed by atoms with Crippen LogP contribution in [0.4, 0.5) is 0 Å².